The van der Waals surface area contributed by atoms with Gasteiger partial charge < -0.3 is 4.90 Å². The van der Waals surface area contributed by atoms with E-state index in [4.69, 9.17) is 0 Å². The van der Waals surface area contributed by atoms with E-state index in [0.29, 0.717) is 6.54 Å². The van der Waals surface area contributed by atoms with Crippen LogP contribution in [-0.4, -0.2) is 42.6 Å². The second-order valence-electron chi connectivity index (χ2n) is 5.35. The van der Waals surface area contributed by atoms with Gasteiger partial charge in [0.25, 0.3) is 0 Å². The van der Waals surface area contributed by atoms with Crippen molar-refractivity contribution in [2.45, 2.75) is 6.54 Å². The average molecular weight is 348 g/mol. The fraction of sp³-hybridized carbons (Fsp3) is 0.250. The van der Waals surface area contributed by atoms with E-state index in [2.05, 4.69) is 9.82 Å². The molecule has 0 spiro atoms. The van der Waals surface area contributed by atoms with Crippen molar-refractivity contribution >= 4 is 22.0 Å². The van der Waals surface area contributed by atoms with E-state index in [9.17, 15) is 13.2 Å². The number of carbonyl (C=O) groups excluding carboxylic acids is 1. The van der Waals surface area contributed by atoms with Crippen LogP contribution < -0.4 is 4.72 Å². The molecule has 128 valence electrons. The van der Waals surface area contributed by atoms with Crippen molar-refractivity contribution in [3.05, 3.63) is 59.3 Å². The Balaban J connectivity index is 1.86. The normalized spacial score (nSPS) is 11.8. The van der Waals surface area contributed by atoms with E-state index in [1.807, 2.05) is 18.2 Å². The number of aromatic nitrogens is 2. The van der Waals surface area contributed by atoms with E-state index in [1.165, 1.54) is 11.0 Å². The van der Waals surface area contributed by atoms with Crippen LogP contribution in [0, 0.1) is 0 Å². The maximum Gasteiger partial charge on any atom is 0.237 e. The number of sulfonamides is 1. The van der Waals surface area contributed by atoms with Crippen molar-refractivity contribution in [1.82, 2.24) is 19.4 Å². The zero-order valence-corrected chi connectivity index (χ0v) is 14.4. The number of benzene rings is 1. The quantitative estimate of drug-likeness (QED) is 0.808. The van der Waals surface area contributed by atoms with Crippen LogP contribution in [0.25, 0.3) is 6.08 Å². The van der Waals surface area contributed by atoms with Gasteiger partial charge in [-0.2, -0.15) is 5.10 Å². The molecule has 0 radical (unpaired) electrons. The minimum Gasteiger partial charge on any atom is -0.340 e. The Kier molecular flexibility index (Phi) is 5.88. The summed E-state index contributed by atoms with van der Waals surface area (Å²) in [5, 5.41) is 5.08. The van der Waals surface area contributed by atoms with Gasteiger partial charge in [-0.15, -0.1) is 0 Å². The minimum atomic E-state index is -3.67. The lowest BCUT2D eigenvalue weighted by Crippen LogP contribution is -2.37. The molecule has 0 aliphatic heterocycles. The number of likely N-dealkylation sites (N-methyl/N-ethyl adjacent to an activating group) is 1. The summed E-state index contributed by atoms with van der Waals surface area (Å²) in [6, 6.07) is 9.06. The summed E-state index contributed by atoms with van der Waals surface area (Å²) in [6.45, 7) is 0.0759. The molecule has 1 amide bonds. The molecule has 1 aromatic heterocycles. The molecule has 0 atom stereocenters. The standard InChI is InChI=1S/C16H20N4O3S/c1-19(12-15-10-17-20(2)13-15)16(21)11-18-24(22,23)9-8-14-6-4-3-5-7-14/h3-10,13,18H,11-12H2,1-2H3/b9-8+. The predicted octanol–water partition coefficient (Wildman–Crippen LogP) is 0.969. The largest absolute Gasteiger partial charge is 0.340 e. The molecule has 0 bridgehead atoms. The van der Waals surface area contributed by atoms with E-state index < -0.39 is 10.0 Å². The van der Waals surface area contributed by atoms with Crippen molar-refractivity contribution in [3.8, 4) is 0 Å². The van der Waals surface area contributed by atoms with Crippen LogP contribution >= 0.6 is 0 Å². The SMILES string of the molecule is CN(Cc1cnn(C)c1)C(=O)CNS(=O)(=O)/C=C/c1ccccc1. The molecular weight excluding hydrogens is 328 g/mol. The summed E-state index contributed by atoms with van der Waals surface area (Å²) in [5.41, 5.74) is 1.64. The monoisotopic (exact) mass is 348 g/mol. The zero-order chi connectivity index (χ0) is 17.6. The van der Waals surface area contributed by atoms with Gasteiger partial charge in [0.05, 0.1) is 12.7 Å². The van der Waals surface area contributed by atoms with Crippen molar-refractivity contribution in [2.75, 3.05) is 13.6 Å². The fourth-order valence-corrected chi connectivity index (χ4v) is 2.75. The van der Waals surface area contributed by atoms with Crippen molar-refractivity contribution in [1.29, 1.82) is 0 Å². The molecule has 1 aromatic carbocycles. The smallest absolute Gasteiger partial charge is 0.237 e. The van der Waals surface area contributed by atoms with Crippen molar-refractivity contribution < 1.29 is 13.2 Å². The number of amides is 1. The maximum atomic E-state index is 12.0. The van der Waals surface area contributed by atoms with Gasteiger partial charge in [-0.25, -0.2) is 13.1 Å². The van der Waals surface area contributed by atoms with Gasteiger partial charge in [-0.05, 0) is 11.6 Å². The second kappa shape index (κ2) is 7.89. The molecule has 0 aliphatic carbocycles. The molecule has 7 nitrogen and oxygen atoms in total. The van der Waals surface area contributed by atoms with Crippen molar-refractivity contribution in [2.24, 2.45) is 7.05 Å². The van der Waals surface area contributed by atoms with Crippen LogP contribution in [0.1, 0.15) is 11.1 Å². The first-order chi connectivity index (χ1) is 11.4. The number of nitrogens with one attached hydrogen (secondary N) is 1. The number of hydrogen-bond acceptors (Lipinski definition) is 4. The number of hydrogen-bond donors (Lipinski definition) is 1. The Labute approximate surface area is 141 Å². The van der Waals surface area contributed by atoms with E-state index in [0.717, 1.165) is 16.5 Å². The third-order valence-corrected chi connectivity index (χ3v) is 4.31. The lowest BCUT2D eigenvalue weighted by Gasteiger charge is -2.16. The van der Waals surface area contributed by atoms with Gasteiger partial charge in [-0.3, -0.25) is 9.48 Å². The second-order valence-corrected chi connectivity index (χ2v) is 7.00. The molecular formula is C16H20N4O3S. The number of aryl methyl sites for hydroxylation is 1. The van der Waals surface area contributed by atoms with Gasteiger partial charge >= 0.3 is 0 Å². The highest BCUT2D eigenvalue weighted by Crippen LogP contribution is 2.03. The molecule has 0 fully saturated rings. The third kappa shape index (κ3) is 5.64. The summed E-state index contributed by atoms with van der Waals surface area (Å²) in [7, 11) is -0.267. The van der Waals surface area contributed by atoms with Crippen LogP contribution in [0.3, 0.4) is 0 Å². The molecule has 0 unspecified atom stereocenters. The first kappa shape index (κ1) is 17.9. The molecule has 24 heavy (non-hydrogen) atoms. The predicted molar refractivity (Wildman–Crippen MR) is 92.1 cm³/mol. The summed E-state index contributed by atoms with van der Waals surface area (Å²) < 4.78 is 27.7. The first-order valence-electron chi connectivity index (χ1n) is 7.30. The van der Waals surface area contributed by atoms with Gasteiger partial charge in [0, 0.05) is 37.8 Å². The lowest BCUT2D eigenvalue weighted by atomic mass is 10.2. The van der Waals surface area contributed by atoms with Gasteiger partial charge in [0.2, 0.25) is 15.9 Å². The highest BCUT2D eigenvalue weighted by molar-refractivity contribution is 7.92. The fourth-order valence-electron chi connectivity index (χ4n) is 1.99. The molecule has 0 saturated carbocycles. The molecule has 2 aromatic rings. The summed E-state index contributed by atoms with van der Waals surface area (Å²) in [4.78, 5) is 13.5. The van der Waals surface area contributed by atoms with Crippen LogP contribution in [-0.2, 0) is 28.4 Å². The Morgan fingerprint density at radius 3 is 2.67 bits per heavy atom. The molecule has 0 saturated heterocycles. The minimum absolute atomic E-state index is 0.293. The molecule has 8 heteroatoms. The van der Waals surface area contributed by atoms with Gasteiger partial charge in [-0.1, -0.05) is 30.3 Å². The van der Waals surface area contributed by atoms with Crippen LogP contribution in [0.15, 0.2) is 48.1 Å². The number of nitrogens with zero attached hydrogens (tertiary/aromatic N) is 3. The molecule has 0 aliphatic rings. The number of rotatable bonds is 7. The molecule has 1 N–H and O–H groups in total. The lowest BCUT2D eigenvalue weighted by molar-refractivity contribution is -0.129. The Morgan fingerprint density at radius 1 is 1.33 bits per heavy atom. The van der Waals surface area contributed by atoms with Crippen LogP contribution in [0.2, 0.25) is 0 Å². The summed E-state index contributed by atoms with van der Waals surface area (Å²) >= 11 is 0. The summed E-state index contributed by atoms with van der Waals surface area (Å²) in [6.07, 6.45) is 4.94. The van der Waals surface area contributed by atoms with Gasteiger partial charge in [0.15, 0.2) is 0 Å². The van der Waals surface area contributed by atoms with Crippen LogP contribution in [0.4, 0.5) is 0 Å². The highest BCUT2D eigenvalue weighted by atomic mass is 32.2. The first-order valence-corrected chi connectivity index (χ1v) is 8.84. The number of carbonyl (C=O) groups is 1. The maximum absolute atomic E-state index is 12.0. The van der Waals surface area contributed by atoms with Gasteiger partial charge in [0.1, 0.15) is 0 Å². The van der Waals surface area contributed by atoms with Crippen LogP contribution in [0.5, 0.6) is 0 Å². The van der Waals surface area contributed by atoms with E-state index >= 15 is 0 Å². The highest BCUT2D eigenvalue weighted by Gasteiger charge is 2.13. The summed E-state index contributed by atoms with van der Waals surface area (Å²) in [5.74, 6) is -0.324. The van der Waals surface area contributed by atoms with Crippen molar-refractivity contribution in [3.63, 3.8) is 0 Å². The Morgan fingerprint density at radius 2 is 2.04 bits per heavy atom. The Hall–Kier alpha value is -2.45. The topological polar surface area (TPSA) is 84.3 Å². The third-order valence-electron chi connectivity index (χ3n) is 3.27. The molecule has 2 rings (SSSR count). The van der Waals surface area contributed by atoms with E-state index in [-0.39, 0.29) is 12.5 Å². The van der Waals surface area contributed by atoms with E-state index in [1.54, 1.807) is 43.3 Å². The zero-order valence-electron chi connectivity index (χ0n) is 13.6. The average Bonchev–Trinajstić information content (AvgIpc) is 2.97. The molecule has 1 heterocycles. The Bertz CT molecular complexity index is 813.